The number of halogens is 1. The predicted octanol–water partition coefficient (Wildman–Crippen LogP) is 3.43. The number of nitrogens with one attached hydrogen (secondary N) is 2. The minimum Gasteiger partial charge on any atom is -0.495 e. The molecule has 11 heteroatoms. The summed E-state index contributed by atoms with van der Waals surface area (Å²) in [5.74, 6) is 0.500. The van der Waals surface area contributed by atoms with Crippen LogP contribution in [0, 0.1) is 0 Å². The van der Waals surface area contributed by atoms with E-state index in [1.165, 1.54) is 30.4 Å². The normalized spacial score (nSPS) is 17.4. The Morgan fingerprint density at radius 2 is 2.09 bits per heavy atom. The van der Waals surface area contributed by atoms with Crippen LogP contribution in [0.4, 0.5) is 23.3 Å². The highest BCUT2D eigenvalue weighted by atomic mass is 35.5. The van der Waals surface area contributed by atoms with Crippen LogP contribution < -0.4 is 21.1 Å². The summed E-state index contributed by atoms with van der Waals surface area (Å²) in [6, 6.07) is 8.13. The second-order valence-corrected chi connectivity index (χ2v) is 8.83. The number of nitrogens with zero attached hydrogens (tertiary/aromatic N) is 5. The number of nitrogens with two attached hydrogens (primary N) is 1. The van der Waals surface area contributed by atoms with Crippen molar-refractivity contribution in [2.75, 3.05) is 24.3 Å². The van der Waals surface area contributed by atoms with Crippen molar-refractivity contribution in [2.45, 2.75) is 38.3 Å². The summed E-state index contributed by atoms with van der Waals surface area (Å²) >= 11 is 6.19. The number of pyridine rings is 1. The number of aromatic nitrogens is 4. The molecule has 5 rings (SSSR count). The zero-order valence-corrected chi connectivity index (χ0v) is 19.5. The molecule has 1 fully saturated rings. The molecule has 176 valence electrons. The number of piperidine rings is 1. The van der Waals surface area contributed by atoms with E-state index in [1.54, 1.807) is 25.4 Å². The van der Waals surface area contributed by atoms with Crippen LogP contribution >= 0.6 is 11.6 Å². The fraction of sp³-hybridized carbons (Fsp3) is 0.348. The van der Waals surface area contributed by atoms with Gasteiger partial charge in [0.2, 0.25) is 5.95 Å². The Balaban J connectivity index is 1.46. The van der Waals surface area contributed by atoms with E-state index in [0.717, 1.165) is 19.5 Å². The number of anilines is 4. The van der Waals surface area contributed by atoms with Gasteiger partial charge in [-0.1, -0.05) is 18.0 Å². The molecule has 0 aliphatic carbocycles. The summed E-state index contributed by atoms with van der Waals surface area (Å²) in [7, 11) is 1.63. The van der Waals surface area contributed by atoms with E-state index < -0.39 is 5.91 Å². The van der Waals surface area contributed by atoms with Gasteiger partial charge in [0.1, 0.15) is 11.6 Å². The summed E-state index contributed by atoms with van der Waals surface area (Å²) < 4.78 is 5.65. The summed E-state index contributed by atoms with van der Waals surface area (Å²) in [5.41, 5.74) is 8.61. The van der Waals surface area contributed by atoms with Gasteiger partial charge in [-0.15, -0.1) is 10.2 Å². The number of carbonyl (C=O) groups is 1. The van der Waals surface area contributed by atoms with E-state index >= 15 is 0 Å². The Morgan fingerprint density at radius 3 is 2.88 bits per heavy atom. The Bertz CT molecular complexity index is 1240. The molecule has 10 nitrogen and oxygen atoms in total. The average Bonchev–Trinajstić information content (AvgIpc) is 2.84. The molecule has 1 saturated heterocycles. The number of hydrogen-bond donors (Lipinski definition) is 3. The molecule has 1 amide bonds. The molecule has 1 unspecified atom stereocenters. The van der Waals surface area contributed by atoms with Gasteiger partial charge in [0, 0.05) is 18.8 Å². The average molecular weight is 481 g/mol. The fourth-order valence-corrected chi connectivity index (χ4v) is 4.75. The minimum atomic E-state index is -0.774. The van der Waals surface area contributed by atoms with Crippen LogP contribution in [-0.4, -0.2) is 50.7 Å². The number of methoxy groups -OCH3 is 1. The number of carbonyl (C=O) groups excluding carboxylic acids is 1. The topological polar surface area (TPSA) is 131 Å². The van der Waals surface area contributed by atoms with E-state index in [4.69, 9.17) is 22.1 Å². The van der Waals surface area contributed by atoms with Crippen molar-refractivity contribution in [3.63, 3.8) is 0 Å². The number of fused-ring (bicyclic) bond motifs is 2. The number of amides is 1. The highest BCUT2D eigenvalue weighted by Crippen LogP contribution is 2.36. The second-order valence-electron chi connectivity index (χ2n) is 8.43. The lowest BCUT2D eigenvalue weighted by Gasteiger charge is -2.40. The van der Waals surface area contributed by atoms with Crippen LogP contribution in [0.5, 0.6) is 5.75 Å². The molecule has 4 heterocycles. The van der Waals surface area contributed by atoms with E-state index in [-0.39, 0.29) is 17.5 Å². The maximum Gasteiger partial charge on any atom is 0.273 e. The second kappa shape index (κ2) is 9.40. The van der Waals surface area contributed by atoms with E-state index in [0.29, 0.717) is 28.3 Å². The molecular formula is C23H25ClN8O2. The first-order valence-electron chi connectivity index (χ1n) is 11.1. The van der Waals surface area contributed by atoms with E-state index in [9.17, 15) is 4.79 Å². The first-order valence-corrected chi connectivity index (χ1v) is 11.5. The highest BCUT2D eigenvalue weighted by molar-refractivity contribution is 6.33. The molecule has 0 bridgehead atoms. The molecule has 34 heavy (non-hydrogen) atoms. The Morgan fingerprint density at radius 1 is 1.21 bits per heavy atom. The van der Waals surface area contributed by atoms with Gasteiger partial charge in [0.15, 0.2) is 11.5 Å². The molecule has 0 saturated carbocycles. The SMILES string of the molecule is COc1cc2c(cc1Nc1nnc(C(N)=O)c(Nc3ncccc3Cl)n1)CN1CCCCC1C2. The standard InChI is InChI=1S/C23H25ClN8O2/c1-34-18-11-13-9-15-5-2-3-8-32(15)12-14(13)10-17(18)27-23-29-22(19(20(25)33)30-31-23)28-21-16(24)6-4-7-26-21/h4,6-7,10-11,15H,2-3,5,8-9,12H2,1H3,(H2,25,33)(H2,26,27,28,29,31). The van der Waals surface area contributed by atoms with Crippen LogP contribution in [-0.2, 0) is 13.0 Å². The number of hydrogen-bond acceptors (Lipinski definition) is 9. The van der Waals surface area contributed by atoms with Crippen molar-refractivity contribution in [3.05, 3.63) is 52.3 Å². The third-order valence-corrected chi connectivity index (χ3v) is 6.57. The van der Waals surface area contributed by atoms with Gasteiger partial charge in [0.25, 0.3) is 5.91 Å². The van der Waals surface area contributed by atoms with Gasteiger partial charge in [-0.25, -0.2) is 4.98 Å². The molecule has 1 atom stereocenters. The Hall–Kier alpha value is -3.50. The zero-order valence-electron chi connectivity index (χ0n) is 18.7. The van der Waals surface area contributed by atoms with Crippen LogP contribution in [0.1, 0.15) is 40.9 Å². The lowest BCUT2D eigenvalue weighted by Crippen LogP contribution is -2.43. The molecule has 4 N–H and O–H groups in total. The van der Waals surface area contributed by atoms with E-state index in [2.05, 4.69) is 47.8 Å². The maximum absolute atomic E-state index is 11.9. The number of ether oxygens (including phenoxy) is 1. The molecule has 2 aromatic heterocycles. The van der Waals surface area contributed by atoms with Crippen LogP contribution in [0.2, 0.25) is 5.02 Å². The molecular weight excluding hydrogens is 456 g/mol. The van der Waals surface area contributed by atoms with Gasteiger partial charge in [0.05, 0.1) is 17.8 Å². The zero-order chi connectivity index (χ0) is 23.7. The molecule has 0 spiro atoms. The first-order chi connectivity index (χ1) is 16.5. The minimum absolute atomic E-state index is 0.0960. The van der Waals surface area contributed by atoms with Crippen molar-refractivity contribution in [1.82, 2.24) is 25.1 Å². The van der Waals surface area contributed by atoms with Crippen LogP contribution in [0.25, 0.3) is 0 Å². The summed E-state index contributed by atoms with van der Waals surface area (Å²) in [5, 5.41) is 14.5. The van der Waals surface area contributed by atoms with Crippen molar-refractivity contribution >= 4 is 40.8 Å². The lowest BCUT2D eigenvalue weighted by atomic mass is 9.88. The van der Waals surface area contributed by atoms with Crippen molar-refractivity contribution in [3.8, 4) is 5.75 Å². The van der Waals surface area contributed by atoms with Gasteiger partial charge < -0.3 is 21.1 Å². The smallest absolute Gasteiger partial charge is 0.273 e. The maximum atomic E-state index is 11.9. The Kier molecular flexibility index (Phi) is 6.16. The van der Waals surface area contributed by atoms with Crippen molar-refractivity contribution < 1.29 is 9.53 Å². The van der Waals surface area contributed by atoms with Gasteiger partial charge >= 0.3 is 0 Å². The number of rotatable bonds is 6. The summed E-state index contributed by atoms with van der Waals surface area (Å²) in [6.07, 6.45) is 6.37. The van der Waals surface area contributed by atoms with Gasteiger partial charge in [-0.3, -0.25) is 9.69 Å². The summed E-state index contributed by atoms with van der Waals surface area (Å²) in [6.45, 7) is 2.04. The molecule has 3 aromatic rings. The molecule has 2 aliphatic heterocycles. The summed E-state index contributed by atoms with van der Waals surface area (Å²) in [4.78, 5) is 23.0. The number of benzene rings is 1. The molecule has 1 aromatic carbocycles. The third kappa shape index (κ3) is 4.46. The third-order valence-electron chi connectivity index (χ3n) is 6.26. The Labute approximate surface area is 201 Å². The molecule has 2 aliphatic rings. The lowest BCUT2D eigenvalue weighted by molar-refractivity contribution is 0.0995. The van der Waals surface area contributed by atoms with Crippen LogP contribution in [0.15, 0.2) is 30.5 Å². The van der Waals surface area contributed by atoms with Crippen LogP contribution in [0.3, 0.4) is 0 Å². The quantitative estimate of drug-likeness (QED) is 0.485. The fourth-order valence-electron chi connectivity index (χ4n) is 4.58. The highest BCUT2D eigenvalue weighted by Gasteiger charge is 2.29. The largest absolute Gasteiger partial charge is 0.495 e. The number of primary amides is 1. The monoisotopic (exact) mass is 480 g/mol. The van der Waals surface area contributed by atoms with Crippen molar-refractivity contribution in [1.29, 1.82) is 0 Å². The van der Waals surface area contributed by atoms with E-state index in [1.807, 2.05) is 0 Å². The van der Waals surface area contributed by atoms with Gasteiger partial charge in [-0.05, 0) is 61.2 Å². The molecule has 0 radical (unpaired) electrons. The van der Waals surface area contributed by atoms with Gasteiger partial charge in [-0.2, -0.15) is 4.98 Å². The van der Waals surface area contributed by atoms with Crippen molar-refractivity contribution in [2.24, 2.45) is 5.73 Å². The predicted molar refractivity (Wildman–Crippen MR) is 129 cm³/mol. The first kappa shape index (κ1) is 22.3.